The summed E-state index contributed by atoms with van der Waals surface area (Å²) in [5.74, 6) is 2.41. The number of piperidine rings is 1. The fraction of sp³-hybridized carbons (Fsp3) is 0.450. The van der Waals surface area contributed by atoms with Crippen LogP contribution in [0.3, 0.4) is 0 Å². The molecule has 23 heavy (non-hydrogen) atoms. The fourth-order valence-corrected chi connectivity index (χ4v) is 3.55. The highest BCUT2D eigenvalue weighted by Crippen LogP contribution is 2.26. The zero-order valence-electron chi connectivity index (χ0n) is 14.3. The van der Waals surface area contributed by atoms with Crippen molar-refractivity contribution in [1.29, 1.82) is 0 Å². The molecule has 1 fully saturated rings. The van der Waals surface area contributed by atoms with E-state index in [9.17, 15) is 4.79 Å². The SMILES string of the molecule is Cc1oc(C)c(C(=O)N2CCC(Cc3ccccc3)CC2)c1C. The van der Waals surface area contributed by atoms with Gasteiger partial charge in [-0.15, -0.1) is 0 Å². The Morgan fingerprint density at radius 1 is 1.09 bits per heavy atom. The number of aryl methyl sites for hydroxylation is 2. The summed E-state index contributed by atoms with van der Waals surface area (Å²) in [6, 6.07) is 10.6. The Labute approximate surface area is 138 Å². The fourth-order valence-electron chi connectivity index (χ4n) is 3.55. The third kappa shape index (κ3) is 3.34. The lowest BCUT2D eigenvalue weighted by atomic mass is 9.90. The Hall–Kier alpha value is -2.03. The van der Waals surface area contributed by atoms with Gasteiger partial charge in [0, 0.05) is 18.7 Å². The van der Waals surface area contributed by atoms with Gasteiger partial charge in [-0.05, 0) is 51.5 Å². The number of likely N-dealkylation sites (tertiary alicyclic amines) is 1. The van der Waals surface area contributed by atoms with Crippen molar-refractivity contribution >= 4 is 5.91 Å². The molecular formula is C20H25NO2. The second kappa shape index (κ2) is 6.61. The lowest BCUT2D eigenvalue weighted by Crippen LogP contribution is -2.39. The lowest BCUT2D eigenvalue weighted by Gasteiger charge is -2.32. The number of benzene rings is 1. The molecule has 1 aliphatic rings. The molecule has 3 nitrogen and oxygen atoms in total. The predicted molar refractivity (Wildman–Crippen MR) is 91.7 cm³/mol. The smallest absolute Gasteiger partial charge is 0.257 e. The average Bonchev–Trinajstić information content (AvgIpc) is 2.81. The van der Waals surface area contributed by atoms with Gasteiger partial charge in [-0.25, -0.2) is 0 Å². The largest absolute Gasteiger partial charge is 0.466 e. The van der Waals surface area contributed by atoms with Crippen molar-refractivity contribution in [3.63, 3.8) is 0 Å². The quantitative estimate of drug-likeness (QED) is 0.847. The lowest BCUT2D eigenvalue weighted by molar-refractivity contribution is 0.0688. The number of furan rings is 1. The Bertz CT molecular complexity index is 679. The highest BCUT2D eigenvalue weighted by molar-refractivity contribution is 5.96. The Morgan fingerprint density at radius 3 is 2.30 bits per heavy atom. The highest BCUT2D eigenvalue weighted by atomic mass is 16.3. The van der Waals surface area contributed by atoms with Crippen molar-refractivity contribution in [3.05, 3.63) is 58.5 Å². The number of amides is 1. The number of hydrogen-bond acceptors (Lipinski definition) is 2. The number of nitrogens with zero attached hydrogens (tertiary/aromatic N) is 1. The molecule has 1 amide bonds. The number of rotatable bonds is 3. The van der Waals surface area contributed by atoms with Gasteiger partial charge in [-0.3, -0.25) is 4.79 Å². The minimum Gasteiger partial charge on any atom is -0.466 e. The number of hydrogen-bond donors (Lipinski definition) is 0. The van der Waals surface area contributed by atoms with Crippen molar-refractivity contribution in [2.45, 2.75) is 40.0 Å². The van der Waals surface area contributed by atoms with Gasteiger partial charge < -0.3 is 9.32 Å². The molecule has 0 atom stereocenters. The molecule has 0 aliphatic carbocycles. The van der Waals surface area contributed by atoms with E-state index in [1.807, 2.05) is 25.7 Å². The van der Waals surface area contributed by atoms with Crippen LogP contribution in [-0.4, -0.2) is 23.9 Å². The number of carbonyl (C=O) groups is 1. The molecule has 3 heteroatoms. The van der Waals surface area contributed by atoms with Crippen LogP contribution in [-0.2, 0) is 6.42 Å². The summed E-state index contributed by atoms with van der Waals surface area (Å²) in [5.41, 5.74) is 3.15. The van der Waals surface area contributed by atoms with E-state index in [1.54, 1.807) is 0 Å². The first kappa shape index (κ1) is 15.9. The third-order valence-corrected chi connectivity index (χ3v) is 5.04. The van der Waals surface area contributed by atoms with Crippen LogP contribution in [0, 0.1) is 26.7 Å². The predicted octanol–water partition coefficient (Wildman–Crippen LogP) is 4.30. The minimum absolute atomic E-state index is 0.134. The molecule has 1 aromatic heterocycles. The van der Waals surface area contributed by atoms with Crippen LogP contribution in [0.25, 0.3) is 0 Å². The van der Waals surface area contributed by atoms with Gasteiger partial charge >= 0.3 is 0 Å². The van der Waals surface area contributed by atoms with Crippen molar-refractivity contribution in [2.75, 3.05) is 13.1 Å². The van der Waals surface area contributed by atoms with E-state index in [-0.39, 0.29) is 5.91 Å². The first-order valence-electron chi connectivity index (χ1n) is 8.46. The molecule has 0 saturated carbocycles. The standard InChI is InChI=1S/C20H25NO2/c1-14-15(2)23-16(3)19(14)20(22)21-11-9-18(10-12-21)13-17-7-5-4-6-8-17/h4-8,18H,9-13H2,1-3H3. The molecule has 1 saturated heterocycles. The van der Waals surface area contributed by atoms with Crippen LogP contribution in [0.2, 0.25) is 0 Å². The van der Waals surface area contributed by atoms with Gasteiger partial charge in [0.1, 0.15) is 11.5 Å². The zero-order valence-corrected chi connectivity index (χ0v) is 14.3. The van der Waals surface area contributed by atoms with Gasteiger partial charge in [0.15, 0.2) is 0 Å². The van der Waals surface area contributed by atoms with Crippen LogP contribution in [0.5, 0.6) is 0 Å². The summed E-state index contributed by atoms with van der Waals surface area (Å²) in [6.45, 7) is 7.47. The van der Waals surface area contributed by atoms with E-state index in [0.29, 0.717) is 5.92 Å². The van der Waals surface area contributed by atoms with Gasteiger partial charge in [0.2, 0.25) is 0 Å². The summed E-state index contributed by atoms with van der Waals surface area (Å²) in [4.78, 5) is 14.8. The topological polar surface area (TPSA) is 33.5 Å². The van der Waals surface area contributed by atoms with E-state index in [2.05, 4.69) is 30.3 Å². The summed E-state index contributed by atoms with van der Waals surface area (Å²) >= 11 is 0. The Balaban J connectivity index is 1.61. The minimum atomic E-state index is 0.134. The van der Waals surface area contributed by atoms with Crippen LogP contribution in [0.15, 0.2) is 34.7 Å². The first-order chi connectivity index (χ1) is 11.1. The molecule has 0 radical (unpaired) electrons. The second-order valence-corrected chi connectivity index (χ2v) is 6.64. The molecule has 0 unspecified atom stereocenters. The van der Waals surface area contributed by atoms with Gasteiger partial charge in [0.05, 0.1) is 5.56 Å². The molecule has 0 bridgehead atoms. The summed E-state index contributed by atoms with van der Waals surface area (Å²) in [6.07, 6.45) is 3.27. The third-order valence-electron chi connectivity index (χ3n) is 5.04. The van der Waals surface area contributed by atoms with E-state index in [0.717, 1.165) is 55.0 Å². The van der Waals surface area contributed by atoms with E-state index in [4.69, 9.17) is 4.42 Å². The maximum Gasteiger partial charge on any atom is 0.257 e. The van der Waals surface area contributed by atoms with E-state index >= 15 is 0 Å². The van der Waals surface area contributed by atoms with Gasteiger partial charge in [0.25, 0.3) is 5.91 Å². The highest BCUT2D eigenvalue weighted by Gasteiger charge is 2.27. The monoisotopic (exact) mass is 311 g/mol. The Morgan fingerprint density at radius 2 is 1.74 bits per heavy atom. The van der Waals surface area contributed by atoms with Crippen LogP contribution in [0.4, 0.5) is 0 Å². The van der Waals surface area contributed by atoms with Gasteiger partial charge in [-0.1, -0.05) is 30.3 Å². The number of carbonyl (C=O) groups excluding carboxylic acids is 1. The molecule has 1 aromatic carbocycles. The maximum absolute atomic E-state index is 12.8. The molecule has 1 aliphatic heterocycles. The molecule has 2 heterocycles. The van der Waals surface area contributed by atoms with Crippen LogP contribution >= 0.6 is 0 Å². The molecule has 0 N–H and O–H groups in total. The summed E-state index contributed by atoms with van der Waals surface area (Å²) in [5, 5.41) is 0. The summed E-state index contributed by atoms with van der Waals surface area (Å²) < 4.78 is 5.61. The zero-order chi connectivity index (χ0) is 16.4. The van der Waals surface area contributed by atoms with Crippen molar-refractivity contribution < 1.29 is 9.21 Å². The molecular weight excluding hydrogens is 286 g/mol. The maximum atomic E-state index is 12.8. The molecule has 3 rings (SSSR count). The van der Waals surface area contributed by atoms with Crippen LogP contribution in [0.1, 0.15) is 45.8 Å². The van der Waals surface area contributed by atoms with E-state index < -0.39 is 0 Å². The Kier molecular flexibility index (Phi) is 4.56. The molecule has 122 valence electrons. The van der Waals surface area contributed by atoms with Crippen molar-refractivity contribution in [3.8, 4) is 0 Å². The normalized spacial score (nSPS) is 15.9. The first-order valence-corrected chi connectivity index (χ1v) is 8.46. The summed E-state index contributed by atoms with van der Waals surface area (Å²) in [7, 11) is 0. The van der Waals surface area contributed by atoms with Crippen molar-refractivity contribution in [2.24, 2.45) is 5.92 Å². The van der Waals surface area contributed by atoms with E-state index in [1.165, 1.54) is 5.56 Å². The van der Waals surface area contributed by atoms with Crippen molar-refractivity contribution in [1.82, 2.24) is 4.90 Å². The average molecular weight is 311 g/mol. The molecule has 0 spiro atoms. The van der Waals surface area contributed by atoms with Crippen LogP contribution < -0.4 is 0 Å². The van der Waals surface area contributed by atoms with Gasteiger partial charge in [-0.2, -0.15) is 0 Å². The molecule has 2 aromatic rings. The second-order valence-electron chi connectivity index (χ2n) is 6.64.